The number of aliphatic hydroxyl groups is 1. The number of rotatable bonds is 9. The lowest BCUT2D eigenvalue weighted by atomic mass is 9.94. The van der Waals surface area contributed by atoms with Gasteiger partial charge in [-0.1, -0.05) is 6.07 Å². The lowest BCUT2D eigenvalue weighted by Crippen LogP contribution is -2.31. The fraction of sp³-hybridized carbons (Fsp3) is 0.333. The maximum absolute atomic E-state index is 13.0. The van der Waals surface area contributed by atoms with E-state index in [2.05, 4.69) is 0 Å². The first-order valence-corrected chi connectivity index (χ1v) is 10.2. The van der Waals surface area contributed by atoms with Gasteiger partial charge in [-0.05, 0) is 42.3 Å². The van der Waals surface area contributed by atoms with Gasteiger partial charge in [-0.2, -0.15) is 0 Å². The van der Waals surface area contributed by atoms with E-state index in [1.54, 1.807) is 25.3 Å². The van der Waals surface area contributed by atoms with Crippen LogP contribution >= 0.6 is 0 Å². The minimum absolute atomic E-state index is 0.0887. The molecule has 1 fully saturated rings. The number of hydrogen-bond donors (Lipinski definition) is 2. The second kappa shape index (κ2) is 10.3. The Morgan fingerprint density at radius 3 is 2.21 bits per heavy atom. The number of nitrogens with zero attached hydrogens (tertiary/aromatic N) is 1. The molecule has 0 spiro atoms. The predicted molar refractivity (Wildman–Crippen MR) is 120 cm³/mol. The summed E-state index contributed by atoms with van der Waals surface area (Å²) in [5, 5.41) is 21.5. The Kier molecular flexibility index (Phi) is 7.44. The number of carbonyl (C=O) groups is 2. The summed E-state index contributed by atoms with van der Waals surface area (Å²) < 4.78 is 20.7. The highest BCUT2D eigenvalue weighted by molar-refractivity contribution is 6.46. The summed E-state index contributed by atoms with van der Waals surface area (Å²) in [6.07, 6.45) is 0.485. The lowest BCUT2D eigenvalue weighted by molar-refractivity contribution is -0.140. The van der Waals surface area contributed by atoms with Crippen molar-refractivity contribution < 1.29 is 38.7 Å². The number of amides is 1. The minimum atomic E-state index is -0.910. The van der Waals surface area contributed by atoms with Gasteiger partial charge in [0.2, 0.25) is 0 Å². The SMILES string of the molecule is COCCCN1C(=O)C(=O)/C(=C(\O)c2ccc(OC)c(OC)c2)C1c1ccc(OC)c(O)c1. The molecule has 2 aromatic carbocycles. The molecule has 0 aromatic heterocycles. The summed E-state index contributed by atoms with van der Waals surface area (Å²) in [6, 6.07) is 8.37. The van der Waals surface area contributed by atoms with Crippen molar-refractivity contribution in [3.8, 4) is 23.0 Å². The normalized spacial score (nSPS) is 17.3. The fourth-order valence-corrected chi connectivity index (χ4v) is 3.85. The number of phenolic OH excluding ortho intramolecular Hbond substituents is 1. The van der Waals surface area contributed by atoms with E-state index >= 15 is 0 Å². The third-order valence-electron chi connectivity index (χ3n) is 5.46. The number of aliphatic hydroxyl groups excluding tert-OH is 1. The van der Waals surface area contributed by atoms with Crippen molar-refractivity contribution in [2.75, 3.05) is 41.6 Å². The minimum Gasteiger partial charge on any atom is -0.507 e. The molecule has 2 N–H and O–H groups in total. The molecular weight excluding hydrogens is 430 g/mol. The highest BCUT2D eigenvalue weighted by atomic mass is 16.5. The largest absolute Gasteiger partial charge is 0.507 e. The van der Waals surface area contributed by atoms with Crippen LogP contribution in [0.2, 0.25) is 0 Å². The van der Waals surface area contributed by atoms with Gasteiger partial charge < -0.3 is 34.1 Å². The maximum atomic E-state index is 13.0. The molecule has 1 amide bonds. The molecule has 0 radical (unpaired) electrons. The van der Waals surface area contributed by atoms with Gasteiger partial charge in [-0.15, -0.1) is 0 Å². The molecule has 176 valence electrons. The topological polar surface area (TPSA) is 115 Å². The molecule has 1 aliphatic heterocycles. The van der Waals surface area contributed by atoms with Gasteiger partial charge in [-0.3, -0.25) is 9.59 Å². The molecule has 2 aromatic rings. The number of Topliss-reactive ketones (excluding diaryl/α,β-unsaturated/α-hetero) is 1. The van der Waals surface area contributed by atoms with Gasteiger partial charge in [-0.25, -0.2) is 0 Å². The summed E-state index contributed by atoms with van der Waals surface area (Å²) in [4.78, 5) is 27.3. The van der Waals surface area contributed by atoms with E-state index in [-0.39, 0.29) is 34.9 Å². The first-order chi connectivity index (χ1) is 15.9. The van der Waals surface area contributed by atoms with Crippen LogP contribution in [0, 0.1) is 0 Å². The van der Waals surface area contributed by atoms with Crippen molar-refractivity contribution in [2.24, 2.45) is 0 Å². The molecule has 9 nitrogen and oxygen atoms in total. The summed E-state index contributed by atoms with van der Waals surface area (Å²) in [5.41, 5.74) is 0.645. The molecule has 1 unspecified atom stereocenters. The molecule has 33 heavy (non-hydrogen) atoms. The highest BCUT2D eigenvalue weighted by Gasteiger charge is 2.46. The average molecular weight is 457 g/mol. The number of carbonyl (C=O) groups excluding carboxylic acids is 2. The quantitative estimate of drug-likeness (QED) is 0.256. The van der Waals surface area contributed by atoms with E-state index in [0.717, 1.165) is 0 Å². The summed E-state index contributed by atoms with van der Waals surface area (Å²) in [5.74, 6) is -1.02. The van der Waals surface area contributed by atoms with Crippen LogP contribution in [-0.2, 0) is 14.3 Å². The van der Waals surface area contributed by atoms with Gasteiger partial charge in [0, 0.05) is 25.8 Å². The molecule has 1 atom stereocenters. The van der Waals surface area contributed by atoms with Crippen LogP contribution in [0.1, 0.15) is 23.6 Å². The third kappa shape index (κ3) is 4.58. The van der Waals surface area contributed by atoms with Crippen molar-refractivity contribution >= 4 is 17.4 Å². The number of phenols is 1. The maximum Gasteiger partial charge on any atom is 0.295 e. The summed E-state index contributed by atoms with van der Waals surface area (Å²) in [6.45, 7) is 0.609. The fourth-order valence-electron chi connectivity index (χ4n) is 3.85. The molecule has 1 saturated heterocycles. The van der Waals surface area contributed by atoms with E-state index in [9.17, 15) is 19.8 Å². The van der Waals surface area contributed by atoms with E-state index in [4.69, 9.17) is 18.9 Å². The van der Waals surface area contributed by atoms with Gasteiger partial charge in [0.15, 0.2) is 23.0 Å². The van der Waals surface area contributed by atoms with Crippen LogP contribution in [0.5, 0.6) is 23.0 Å². The van der Waals surface area contributed by atoms with E-state index < -0.39 is 17.7 Å². The van der Waals surface area contributed by atoms with Crippen LogP contribution in [0.3, 0.4) is 0 Å². The van der Waals surface area contributed by atoms with Crippen LogP contribution in [0.15, 0.2) is 42.0 Å². The van der Waals surface area contributed by atoms with Crippen molar-refractivity contribution in [3.05, 3.63) is 53.1 Å². The van der Waals surface area contributed by atoms with Crippen LogP contribution in [-0.4, -0.2) is 68.4 Å². The average Bonchev–Trinajstić information content (AvgIpc) is 3.08. The second-order valence-electron chi connectivity index (χ2n) is 7.34. The second-order valence-corrected chi connectivity index (χ2v) is 7.34. The summed E-state index contributed by atoms with van der Waals surface area (Å²) in [7, 11) is 5.91. The standard InChI is InChI=1S/C24H27NO8/c1-30-11-5-10-25-21(14-6-8-17(31-2)16(26)12-14)20(23(28)24(25)29)22(27)15-7-9-18(32-3)19(13-15)33-4/h6-9,12-13,21,26-27H,5,10-11H2,1-4H3/b22-20-. The van der Waals surface area contributed by atoms with Gasteiger partial charge in [0.05, 0.1) is 32.9 Å². The summed E-state index contributed by atoms with van der Waals surface area (Å²) >= 11 is 0. The number of aromatic hydroxyl groups is 1. The van der Waals surface area contributed by atoms with Crippen molar-refractivity contribution in [2.45, 2.75) is 12.5 Å². The molecule has 0 bridgehead atoms. The smallest absolute Gasteiger partial charge is 0.295 e. The Hall–Kier alpha value is -3.72. The Bertz CT molecular complexity index is 1080. The number of benzene rings is 2. The van der Waals surface area contributed by atoms with E-state index in [0.29, 0.717) is 30.1 Å². The zero-order valence-corrected chi connectivity index (χ0v) is 19.0. The number of likely N-dealkylation sites (tertiary alicyclic amines) is 1. The number of ketones is 1. The van der Waals surface area contributed by atoms with Crippen LogP contribution < -0.4 is 14.2 Å². The number of methoxy groups -OCH3 is 4. The van der Waals surface area contributed by atoms with Crippen LogP contribution in [0.4, 0.5) is 0 Å². The predicted octanol–water partition coefficient (Wildman–Crippen LogP) is 2.88. The Labute approximate surface area is 191 Å². The third-order valence-corrected chi connectivity index (χ3v) is 5.46. The van der Waals surface area contributed by atoms with Crippen molar-refractivity contribution in [1.82, 2.24) is 4.90 Å². The van der Waals surface area contributed by atoms with Crippen molar-refractivity contribution in [3.63, 3.8) is 0 Å². The number of ether oxygens (including phenoxy) is 4. The van der Waals surface area contributed by atoms with Gasteiger partial charge in [0.1, 0.15) is 5.76 Å². The van der Waals surface area contributed by atoms with Gasteiger partial charge in [0.25, 0.3) is 11.7 Å². The Morgan fingerprint density at radius 2 is 1.61 bits per heavy atom. The molecule has 1 aliphatic rings. The molecule has 1 heterocycles. The first-order valence-electron chi connectivity index (χ1n) is 10.2. The van der Waals surface area contributed by atoms with E-state index in [1.165, 1.54) is 44.4 Å². The van der Waals surface area contributed by atoms with E-state index in [1.807, 2.05) is 0 Å². The van der Waals surface area contributed by atoms with Crippen LogP contribution in [0.25, 0.3) is 5.76 Å². The molecular formula is C24H27NO8. The highest BCUT2D eigenvalue weighted by Crippen LogP contribution is 2.42. The van der Waals surface area contributed by atoms with Crippen molar-refractivity contribution in [1.29, 1.82) is 0 Å². The zero-order chi connectivity index (χ0) is 24.1. The molecule has 9 heteroatoms. The molecule has 0 aliphatic carbocycles. The first kappa shape index (κ1) is 23.9. The molecule has 3 rings (SSSR count). The zero-order valence-electron chi connectivity index (χ0n) is 19.0. The Balaban J connectivity index is 2.17. The number of hydrogen-bond acceptors (Lipinski definition) is 8. The monoisotopic (exact) mass is 457 g/mol. The molecule has 0 saturated carbocycles. The van der Waals surface area contributed by atoms with Gasteiger partial charge >= 0.3 is 0 Å². The lowest BCUT2D eigenvalue weighted by Gasteiger charge is -2.25. The Morgan fingerprint density at radius 1 is 0.939 bits per heavy atom.